The summed E-state index contributed by atoms with van der Waals surface area (Å²) in [6.07, 6.45) is 2.63. The average Bonchev–Trinajstić information content (AvgIpc) is 3.03. The van der Waals surface area contributed by atoms with Gasteiger partial charge in [-0.05, 0) is 48.9 Å². The normalized spacial score (nSPS) is 25.3. The first-order valence-electron chi connectivity index (χ1n) is 8.35. The van der Waals surface area contributed by atoms with E-state index in [1.54, 1.807) is 7.11 Å². The molecule has 0 amide bonds. The van der Waals surface area contributed by atoms with E-state index in [2.05, 4.69) is 46.6 Å². The van der Waals surface area contributed by atoms with E-state index in [-0.39, 0.29) is 0 Å². The lowest BCUT2D eigenvalue weighted by Crippen LogP contribution is -2.43. The van der Waals surface area contributed by atoms with Crippen LogP contribution in [0.3, 0.4) is 0 Å². The second-order valence-corrected chi connectivity index (χ2v) is 6.61. The number of ether oxygens (including phenoxy) is 1. The Morgan fingerprint density at radius 2 is 2.00 bits per heavy atom. The molecule has 4 rings (SSSR count). The van der Waals surface area contributed by atoms with Crippen LogP contribution >= 0.6 is 0 Å². The number of benzene rings is 2. The third-order valence-corrected chi connectivity index (χ3v) is 5.33. The summed E-state index contributed by atoms with van der Waals surface area (Å²) in [6, 6.07) is 13.7. The summed E-state index contributed by atoms with van der Waals surface area (Å²) in [4.78, 5) is 2.63. The Labute approximate surface area is 132 Å². The molecule has 2 atom stereocenters. The maximum Gasteiger partial charge on any atom is 0.126 e. The predicted molar refractivity (Wildman–Crippen MR) is 90.3 cm³/mol. The van der Waals surface area contributed by atoms with E-state index in [0.717, 1.165) is 24.3 Å². The van der Waals surface area contributed by atoms with E-state index in [1.165, 1.54) is 48.8 Å². The first-order valence-corrected chi connectivity index (χ1v) is 8.35. The number of nitrogens with one attached hydrogen (secondary N) is 1. The van der Waals surface area contributed by atoms with Crippen molar-refractivity contribution < 1.29 is 4.74 Å². The van der Waals surface area contributed by atoms with Gasteiger partial charge in [-0.15, -0.1) is 0 Å². The van der Waals surface area contributed by atoms with Crippen LogP contribution in [0.2, 0.25) is 0 Å². The Balaban J connectivity index is 1.59. The number of nitrogens with zero attached hydrogens (tertiary/aromatic N) is 1. The molecule has 3 heteroatoms. The first kappa shape index (κ1) is 14.0. The number of likely N-dealkylation sites (tertiary alicyclic amines) is 1. The molecule has 1 N–H and O–H groups in total. The number of rotatable bonds is 3. The van der Waals surface area contributed by atoms with E-state index in [9.17, 15) is 0 Å². The van der Waals surface area contributed by atoms with Crippen molar-refractivity contribution in [3.05, 3.63) is 42.0 Å². The summed E-state index contributed by atoms with van der Waals surface area (Å²) < 4.78 is 5.51. The third kappa shape index (κ3) is 2.49. The molecule has 0 aromatic heterocycles. The Bertz CT molecular complexity index is 670. The second kappa shape index (κ2) is 5.90. The number of hydrogen-bond acceptors (Lipinski definition) is 3. The van der Waals surface area contributed by atoms with Crippen LogP contribution in [0.4, 0.5) is 0 Å². The molecule has 0 spiro atoms. The highest BCUT2D eigenvalue weighted by Gasteiger charge is 2.32. The van der Waals surface area contributed by atoms with Gasteiger partial charge in [0.05, 0.1) is 7.11 Å². The fraction of sp³-hybridized carbons (Fsp3) is 0.474. The molecule has 2 heterocycles. The van der Waals surface area contributed by atoms with Crippen molar-refractivity contribution in [3.8, 4) is 5.75 Å². The summed E-state index contributed by atoms with van der Waals surface area (Å²) in [6.45, 7) is 4.69. The molecule has 2 saturated heterocycles. The summed E-state index contributed by atoms with van der Waals surface area (Å²) in [7, 11) is 1.75. The van der Waals surface area contributed by atoms with E-state index in [1.807, 2.05) is 0 Å². The minimum absolute atomic E-state index is 0.767. The van der Waals surface area contributed by atoms with Crippen LogP contribution in [-0.4, -0.2) is 37.7 Å². The molecule has 2 unspecified atom stereocenters. The van der Waals surface area contributed by atoms with Crippen LogP contribution in [0.1, 0.15) is 18.4 Å². The lowest BCUT2D eigenvalue weighted by molar-refractivity contribution is 0.156. The number of fused-ring (bicyclic) bond motifs is 2. The molecule has 116 valence electrons. The van der Waals surface area contributed by atoms with Gasteiger partial charge in [-0.1, -0.05) is 30.3 Å². The largest absolute Gasteiger partial charge is 0.496 e. The van der Waals surface area contributed by atoms with Gasteiger partial charge < -0.3 is 10.1 Å². The van der Waals surface area contributed by atoms with E-state index < -0.39 is 0 Å². The lowest BCUT2D eigenvalue weighted by Gasteiger charge is -2.35. The van der Waals surface area contributed by atoms with Crippen molar-refractivity contribution in [1.82, 2.24) is 10.2 Å². The molecule has 0 bridgehead atoms. The molecule has 0 radical (unpaired) electrons. The highest BCUT2D eigenvalue weighted by Crippen LogP contribution is 2.31. The van der Waals surface area contributed by atoms with Gasteiger partial charge in [-0.3, -0.25) is 4.90 Å². The van der Waals surface area contributed by atoms with Crippen LogP contribution in [0.15, 0.2) is 36.4 Å². The molecule has 0 saturated carbocycles. The van der Waals surface area contributed by atoms with Gasteiger partial charge in [0.15, 0.2) is 0 Å². The highest BCUT2D eigenvalue weighted by atomic mass is 16.5. The monoisotopic (exact) mass is 296 g/mol. The summed E-state index contributed by atoms with van der Waals surface area (Å²) >= 11 is 0. The minimum Gasteiger partial charge on any atom is -0.496 e. The number of hydrogen-bond donors (Lipinski definition) is 1. The maximum absolute atomic E-state index is 5.51. The Kier molecular flexibility index (Phi) is 3.77. The predicted octanol–water partition coefficient (Wildman–Crippen LogP) is 3.03. The second-order valence-electron chi connectivity index (χ2n) is 6.61. The van der Waals surface area contributed by atoms with Gasteiger partial charge in [-0.25, -0.2) is 0 Å². The van der Waals surface area contributed by atoms with Crippen LogP contribution in [0, 0.1) is 5.92 Å². The fourth-order valence-corrected chi connectivity index (χ4v) is 4.16. The molecule has 22 heavy (non-hydrogen) atoms. The standard InChI is InChI=1S/C19H24N2O/c1-22-19-7-6-14(16-4-2-3-5-17(16)19)12-21-11-9-18-15(13-21)8-10-20-18/h2-7,15,18,20H,8-13H2,1H3. The number of piperidine rings is 1. The molecular formula is C19H24N2O. The van der Waals surface area contributed by atoms with Gasteiger partial charge >= 0.3 is 0 Å². The van der Waals surface area contributed by atoms with E-state index in [0.29, 0.717) is 0 Å². The number of methoxy groups -OCH3 is 1. The molecule has 0 aliphatic carbocycles. The lowest BCUT2D eigenvalue weighted by atomic mass is 9.92. The van der Waals surface area contributed by atoms with E-state index >= 15 is 0 Å². The molecule has 2 aliphatic heterocycles. The first-order chi connectivity index (χ1) is 10.8. The van der Waals surface area contributed by atoms with Gasteiger partial charge in [0.25, 0.3) is 0 Å². The molecule has 2 aromatic carbocycles. The highest BCUT2D eigenvalue weighted by molar-refractivity contribution is 5.91. The molecule has 2 fully saturated rings. The molecular weight excluding hydrogens is 272 g/mol. The fourth-order valence-electron chi connectivity index (χ4n) is 4.16. The van der Waals surface area contributed by atoms with Crippen LogP contribution in [0.5, 0.6) is 5.75 Å². The molecule has 2 aromatic rings. The Morgan fingerprint density at radius 1 is 1.14 bits per heavy atom. The van der Waals surface area contributed by atoms with E-state index in [4.69, 9.17) is 4.74 Å². The zero-order valence-electron chi connectivity index (χ0n) is 13.2. The SMILES string of the molecule is COc1ccc(CN2CCC3NCCC3C2)c2ccccc12. The zero-order valence-corrected chi connectivity index (χ0v) is 13.2. The Morgan fingerprint density at radius 3 is 2.86 bits per heavy atom. The summed E-state index contributed by atoms with van der Waals surface area (Å²) in [5.41, 5.74) is 1.42. The van der Waals surface area contributed by atoms with Gasteiger partial charge in [0, 0.05) is 24.5 Å². The maximum atomic E-state index is 5.51. The zero-order chi connectivity index (χ0) is 14.9. The summed E-state index contributed by atoms with van der Waals surface area (Å²) in [5, 5.41) is 6.19. The van der Waals surface area contributed by atoms with Crippen molar-refractivity contribution in [2.45, 2.75) is 25.4 Å². The van der Waals surface area contributed by atoms with Crippen molar-refractivity contribution in [2.75, 3.05) is 26.7 Å². The van der Waals surface area contributed by atoms with Gasteiger partial charge in [0.1, 0.15) is 5.75 Å². The van der Waals surface area contributed by atoms with Crippen molar-refractivity contribution in [1.29, 1.82) is 0 Å². The molecule has 2 aliphatic rings. The van der Waals surface area contributed by atoms with Crippen LogP contribution < -0.4 is 10.1 Å². The topological polar surface area (TPSA) is 24.5 Å². The third-order valence-electron chi connectivity index (χ3n) is 5.33. The van der Waals surface area contributed by atoms with Crippen LogP contribution in [0.25, 0.3) is 10.8 Å². The minimum atomic E-state index is 0.767. The molecule has 3 nitrogen and oxygen atoms in total. The quantitative estimate of drug-likeness (QED) is 0.942. The average molecular weight is 296 g/mol. The van der Waals surface area contributed by atoms with Crippen LogP contribution in [-0.2, 0) is 6.54 Å². The van der Waals surface area contributed by atoms with Gasteiger partial charge in [0.2, 0.25) is 0 Å². The smallest absolute Gasteiger partial charge is 0.126 e. The summed E-state index contributed by atoms with van der Waals surface area (Å²) in [5.74, 6) is 1.82. The van der Waals surface area contributed by atoms with Gasteiger partial charge in [-0.2, -0.15) is 0 Å². The van der Waals surface area contributed by atoms with Crippen molar-refractivity contribution in [2.24, 2.45) is 5.92 Å². The van der Waals surface area contributed by atoms with Crippen molar-refractivity contribution in [3.63, 3.8) is 0 Å². The Hall–Kier alpha value is -1.58. The van der Waals surface area contributed by atoms with Crippen molar-refractivity contribution >= 4 is 10.8 Å².